The number of fused-ring (bicyclic) bond motifs is 3. The maximum absolute atomic E-state index is 13.6. The number of anilines is 1. The van der Waals surface area contributed by atoms with Crippen LogP contribution in [-0.4, -0.2) is 36.1 Å². The molecule has 0 spiro atoms. The van der Waals surface area contributed by atoms with Crippen LogP contribution in [0.15, 0.2) is 65.6 Å². The Morgan fingerprint density at radius 3 is 2.58 bits per heavy atom. The van der Waals surface area contributed by atoms with Crippen LogP contribution in [0.5, 0.6) is 0 Å². The average molecular weight is 508 g/mol. The number of nitro groups is 1. The molecule has 5 rings (SSSR count). The van der Waals surface area contributed by atoms with Gasteiger partial charge in [0.1, 0.15) is 0 Å². The molecule has 1 aliphatic carbocycles. The highest BCUT2D eigenvalue weighted by Crippen LogP contribution is 2.37. The Labute approximate surface area is 211 Å². The summed E-state index contributed by atoms with van der Waals surface area (Å²) < 4.78 is 28.9. The number of amides is 1. The maximum atomic E-state index is 13.6. The summed E-state index contributed by atoms with van der Waals surface area (Å²) in [6.07, 6.45) is 6.12. The minimum atomic E-state index is -3.64. The van der Waals surface area contributed by atoms with E-state index in [1.54, 1.807) is 34.6 Å². The van der Waals surface area contributed by atoms with Gasteiger partial charge in [0.25, 0.3) is 11.6 Å². The second kappa shape index (κ2) is 10.4. The van der Waals surface area contributed by atoms with Crippen LogP contribution < -0.4 is 5.32 Å². The highest BCUT2D eigenvalue weighted by molar-refractivity contribution is 7.89. The molecule has 0 aromatic heterocycles. The highest BCUT2D eigenvalue weighted by atomic mass is 32.2. The molecule has 36 heavy (non-hydrogen) atoms. The van der Waals surface area contributed by atoms with E-state index in [2.05, 4.69) is 5.32 Å². The van der Waals surface area contributed by atoms with E-state index in [1.807, 2.05) is 6.07 Å². The van der Waals surface area contributed by atoms with Crippen molar-refractivity contribution in [1.82, 2.24) is 4.31 Å². The number of nitrogens with zero attached hydrogens (tertiary/aromatic N) is 2. The van der Waals surface area contributed by atoms with Crippen LogP contribution >= 0.6 is 0 Å². The molecular formula is C27H29N3O5S. The van der Waals surface area contributed by atoms with E-state index >= 15 is 0 Å². The first-order valence-corrected chi connectivity index (χ1v) is 13.4. The molecule has 2 aliphatic rings. The van der Waals surface area contributed by atoms with E-state index in [-0.39, 0.29) is 29.6 Å². The van der Waals surface area contributed by atoms with Gasteiger partial charge >= 0.3 is 0 Å². The third-order valence-electron chi connectivity index (χ3n) is 7.18. The van der Waals surface area contributed by atoms with E-state index in [4.69, 9.17) is 0 Å². The number of hydrogen-bond acceptors (Lipinski definition) is 5. The van der Waals surface area contributed by atoms with Gasteiger partial charge in [-0.15, -0.1) is 0 Å². The number of hydrogen-bond donors (Lipinski definition) is 1. The molecule has 1 amide bonds. The van der Waals surface area contributed by atoms with Crippen molar-refractivity contribution < 1.29 is 18.1 Å². The summed E-state index contributed by atoms with van der Waals surface area (Å²) in [5.74, 6) is 0.150. The lowest BCUT2D eigenvalue weighted by molar-refractivity contribution is -0.384. The topological polar surface area (TPSA) is 110 Å². The fraction of sp³-hybridized carbons (Fsp3) is 0.333. The molecule has 3 aromatic carbocycles. The van der Waals surface area contributed by atoms with E-state index in [1.165, 1.54) is 30.7 Å². The predicted molar refractivity (Wildman–Crippen MR) is 139 cm³/mol. The minimum absolute atomic E-state index is 0. The van der Waals surface area contributed by atoms with Crippen molar-refractivity contribution in [2.24, 2.45) is 5.92 Å². The average Bonchev–Trinajstić information content (AvgIpc) is 3.01. The fourth-order valence-corrected chi connectivity index (χ4v) is 7.18. The lowest BCUT2D eigenvalue weighted by atomic mass is 9.84. The Bertz CT molecular complexity index is 1410. The van der Waals surface area contributed by atoms with Crippen LogP contribution in [0.2, 0.25) is 0 Å². The summed E-state index contributed by atoms with van der Waals surface area (Å²) in [7, 11) is -3.64. The lowest BCUT2D eigenvalue weighted by Crippen LogP contribution is -2.41. The van der Waals surface area contributed by atoms with E-state index < -0.39 is 20.9 Å². The molecule has 2 unspecified atom stereocenters. The van der Waals surface area contributed by atoms with E-state index in [0.717, 1.165) is 32.1 Å². The largest absolute Gasteiger partial charge is 0.321 e. The second-order valence-electron chi connectivity index (χ2n) is 9.39. The number of nitrogens with one attached hydrogen (secondary N) is 1. The minimum Gasteiger partial charge on any atom is -0.321 e. The lowest BCUT2D eigenvalue weighted by Gasteiger charge is -2.33. The van der Waals surface area contributed by atoms with Gasteiger partial charge in [0.15, 0.2) is 0 Å². The van der Waals surface area contributed by atoms with Gasteiger partial charge in [0.2, 0.25) is 10.0 Å². The summed E-state index contributed by atoms with van der Waals surface area (Å²) in [6, 6.07) is 15.9. The third kappa shape index (κ3) is 4.99. The molecule has 2 fully saturated rings. The molecule has 188 valence electrons. The number of sulfonamides is 1. The first-order valence-electron chi connectivity index (χ1n) is 11.9. The fourth-order valence-electron chi connectivity index (χ4n) is 5.44. The Morgan fingerprint density at radius 1 is 1.00 bits per heavy atom. The summed E-state index contributed by atoms with van der Waals surface area (Å²) in [4.78, 5) is 23.5. The SMILES string of the molecule is O=C(Nc1cccc2cc(S(=O)(=O)N3CCCC4CCCC3C4)ccc12)c1cccc([N+](=O)[O-])c1.[CH2]. The standard InChI is InChI=1S/C26H27N3O5S.CH2/c30-26(20-8-2-10-22(16-20)29(31)32)27-25-11-3-7-19-17-23(12-13-24(19)25)35(33,34)28-14-4-6-18-5-1-9-21(28)15-18;/h2-3,7-8,10-13,16-18,21H,1,4-6,9,14-15H2,(H,27,30);1H2. The van der Waals surface area contributed by atoms with Crippen LogP contribution in [0.1, 0.15) is 48.9 Å². The van der Waals surface area contributed by atoms with Gasteiger partial charge in [-0.2, -0.15) is 4.31 Å². The molecule has 8 nitrogen and oxygen atoms in total. The molecule has 3 aromatic rings. The Hall–Kier alpha value is -3.30. The molecule has 1 heterocycles. The number of benzene rings is 3. The molecule has 1 aliphatic heterocycles. The Balaban J connectivity index is 0.00000304. The number of carbonyl (C=O) groups excluding carboxylic acids is 1. The molecule has 1 saturated carbocycles. The van der Waals surface area contributed by atoms with Gasteiger partial charge in [0, 0.05) is 41.4 Å². The van der Waals surface area contributed by atoms with E-state index in [9.17, 15) is 23.3 Å². The van der Waals surface area contributed by atoms with Crippen molar-refractivity contribution in [3.63, 3.8) is 0 Å². The molecular weight excluding hydrogens is 478 g/mol. The molecule has 1 N–H and O–H groups in total. The maximum Gasteiger partial charge on any atom is 0.270 e. The van der Waals surface area contributed by atoms with Gasteiger partial charge < -0.3 is 5.32 Å². The second-order valence-corrected chi connectivity index (χ2v) is 11.3. The summed E-state index contributed by atoms with van der Waals surface area (Å²) >= 11 is 0. The molecule has 2 bridgehead atoms. The van der Waals surface area contributed by atoms with Crippen molar-refractivity contribution in [1.29, 1.82) is 0 Å². The zero-order chi connectivity index (χ0) is 24.6. The zero-order valence-corrected chi connectivity index (χ0v) is 20.7. The molecule has 2 radical (unpaired) electrons. The van der Waals surface area contributed by atoms with Crippen molar-refractivity contribution in [2.45, 2.75) is 49.5 Å². The molecule has 9 heteroatoms. The van der Waals surface area contributed by atoms with Crippen molar-refractivity contribution in [2.75, 3.05) is 11.9 Å². The summed E-state index contributed by atoms with van der Waals surface area (Å²) in [5.41, 5.74) is 0.512. The van der Waals surface area contributed by atoms with Crippen LogP contribution in [0.25, 0.3) is 10.8 Å². The third-order valence-corrected chi connectivity index (χ3v) is 9.13. The van der Waals surface area contributed by atoms with Crippen LogP contribution in [-0.2, 0) is 10.0 Å². The van der Waals surface area contributed by atoms with Crippen LogP contribution in [0, 0.1) is 23.5 Å². The smallest absolute Gasteiger partial charge is 0.270 e. The van der Waals surface area contributed by atoms with Gasteiger partial charge in [-0.25, -0.2) is 8.42 Å². The van der Waals surface area contributed by atoms with E-state index in [0.29, 0.717) is 28.9 Å². The van der Waals surface area contributed by atoms with Gasteiger partial charge in [-0.05, 0) is 61.3 Å². The zero-order valence-electron chi connectivity index (χ0n) is 19.9. The quantitative estimate of drug-likeness (QED) is 0.353. The van der Waals surface area contributed by atoms with Crippen molar-refractivity contribution in [3.8, 4) is 0 Å². The van der Waals surface area contributed by atoms with Crippen molar-refractivity contribution >= 4 is 38.1 Å². The first kappa shape index (κ1) is 25.8. The summed E-state index contributed by atoms with van der Waals surface area (Å²) in [5, 5.41) is 15.2. The Kier molecular flexibility index (Phi) is 7.42. The Morgan fingerprint density at radius 2 is 1.78 bits per heavy atom. The number of rotatable bonds is 5. The number of non-ortho nitro benzene ring substituents is 1. The van der Waals surface area contributed by atoms with Crippen LogP contribution in [0.4, 0.5) is 11.4 Å². The molecule has 1 saturated heterocycles. The normalized spacial score (nSPS) is 20.2. The van der Waals surface area contributed by atoms with Gasteiger partial charge in [0.05, 0.1) is 9.82 Å². The van der Waals surface area contributed by atoms with Gasteiger partial charge in [-0.1, -0.05) is 44.5 Å². The number of nitro benzene ring substituents is 1. The molecule has 2 atom stereocenters. The summed E-state index contributed by atoms with van der Waals surface area (Å²) in [6.45, 7) is 0.556. The predicted octanol–water partition coefficient (Wildman–Crippen LogP) is 5.67. The van der Waals surface area contributed by atoms with Crippen molar-refractivity contribution in [3.05, 3.63) is 83.8 Å². The first-order chi connectivity index (χ1) is 16.8. The highest BCUT2D eigenvalue weighted by Gasteiger charge is 2.36. The monoisotopic (exact) mass is 507 g/mol. The number of carbonyl (C=O) groups is 1. The van der Waals surface area contributed by atoms with Gasteiger partial charge in [-0.3, -0.25) is 14.9 Å². The van der Waals surface area contributed by atoms with Crippen LogP contribution in [0.3, 0.4) is 0 Å².